The van der Waals surface area contributed by atoms with Crippen LogP contribution >= 0.6 is 0 Å². The summed E-state index contributed by atoms with van der Waals surface area (Å²) in [5.41, 5.74) is 5.01. The molecule has 1 aromatic carbocycles. The van der Waals surface area contributed by atoms with Gasteiger partial charge in [-0.1, -0.05) is 0 Å². The molecule has 0 saturated carbocycles. The molecule has 2 rings (SSSR count). The lowest BCUT2D eigenvalue weighted by Crippen LogP contribution is -2.22. The molecule has 0 aliphatic carbocycles. The number of carbonyl (C=O) groups is 2. The molecule has 2 aromatic rings. The Labute approximate surface area is 107 Å². The predicted molar refractivity (Wildman–Crippen MR) is 66.3 cm³/mol. The van der Waals surface area contributed by atoms with Gasteiger partial charge < -0.3 is 16.2 Å². The van der Waals surface area contributed by atoms with Crippen LogP contribution in [0.3, 0.4) is 0 Å². The van der Waals surface area contributed by atoms with Crippen LogP contribution in [0.2, 0.25) is 0 Å². The van der Waals surface area contributed by atoms with E-state index in [-0.39, 0.29) is 28.7 Å². The Morgan fingerprint density at radius 2 is 2.11 bits per heavy atom. The minimum atomic E-state index is -1.31. The summed E-state index contributed by atoms with van der Waals surface area (Å²) in [6, 6.07) is 3.76. The molecule has 98 valence electrons. The monoisotopic (exact) mass is 263 g/mol. The number of nitrogens with two attached hydrogens (primary N) is 1. The Balaban J connectivity index is 2.74. The first-order valence-corrected chi connectivity index (χ1v) is 5.35. The summed E-state index contributed by atoms with van der Waals surface area (Å²) in [7, 11) is 0. The molecule has 7 heteroatoms. The molecule has 4 N–H and O–H groups in total. The van der Waals surface area contributed by atoms with Crippen LogP contribution in [0.5, 0.6) is 0 Å². The smallest absolute Gasteiger partial charge is 0.355 e. The van der Waals surface area contributed by atoms with Crippen molar-refractivity contribution in [3.63, 3.8) is 0 Å². The molecule has 0 atom stereocenters. The van der Waals surface area contributed by atoms with E-state index in [4.69, 9.17) is 10.8 Å². The second-order valence-corrected chi connectivity index (χ2v) is 3.73. The zero-order chi connectivity index (χ0) is 14.0. The number of amides is 1. The van der Waals surface area contributed by atoms with E-state index in [0.29, 0.717) is 0 Å². The van der Waals surface area contributed by atoms with Gasteiger partial charge in [-0.3, -0.25) is 4.79 Å². The average molecular weight is 263 g/mol. The number of hydrogen-bond donors (Lipinski definition) is 3. The van der Waals surface area contributed by atoms with Crippen molar-refractivity contribution < 1.29 is 19.1 Å². The van der Waals surface area contributed by atoms with E-state index in [0.717, 1.165) is 6.07 Å². The summed E-state index contributed by atoms with van der Waals surface area (Å²) in [6.45, 7) is -0.262. The van der Waals surface area contributed by atoms with E-state index in [1.807, 2.05) is 0 Å². The minimum absolute atomic E-state index is 0.0387. The molecule has 0 radical (unpaired) electrons. The second kappa shape index (κ2) is 4.99. The molecular formula is C12H10FN3O3. The van der Waals surface area contributed by atoms with Crippen molar-refractivity contribution in [1.29, 1.82) is 0 Å². The normalized spacial score (nSPS) is 10.4. The standard InChI is InChI=1S/C12H10FN3O3/c13-7-1-2-8(16-9(17)5-14)10-6(7)3-4-15-11(10)12(18)19/h1-4H,5,14H2,(H,16,17)(H,18,19). The quantitative estimate of drug-likeness (QED) is 0.765. The number of benzene rings is 1. The number of rotatable bonds is 3. The summed E-state index contributed by atoms with van der Waals surface area (Å²) < 4.78 is 13.7. The number of hydrogen-bond acceptors (Lipinski definition) is 4. The number of carbonyl (C=O) groups excluding carboxylic acids is 1. The number of carboxylic acids is 1. The highest BCUT2D eigenvalue weighted by Crippen LogP contribution is 2.28. The third kappa shape index (κ3) is 2.36. The van der Waals surface area contributed by atoms with Crippen LogP contribution in [0.25, 0.3) is 10.8 Å². The number of aromatic carboxylic acids is 1. The van der Waals surface area contributed by atoms with E-state index in [1.54, 1.807) is 0 Å². The molecule has 0 fully saturated rings. The van der Waals surface area contributed by atoms with Crippen LogP contribution in [0, 0.1) is 5.82 Å². The summed E-state index contributed by atoms with van der Waals surface area (Å²) in [5, 5.41) is 11.6. The first-order chi connectivity index (χ1) is 9.04. The van der Waals surface area contributed by atoms with Crippen LogP contribution in [-0.4, -0.2) is 28.5 Å². The summed E-state index contributed by atoms with van der Waals surface area (Å²) in [5.74, 6) is -2.40. The lowest BCUT2D eigenvalue weighted by atomic mass is 10.1. The number of anilines is 1. The van der Waals surface area contributed by atoms with Gasteiger partial charge in [-0.15, -0.1) is 0 Å². The van der Waals surface area contributed by atoms with E-state index in [2.05, 4.69) is 10.3 Å². The van der Waals surface area contributed by atoms with Crippen LogP contribution in [0.4, 0.5) is 10.1 Å². The number of carboxylic acid groups (broad SMARTS) is 1. The number of pyridine rings is 1. The zero-order valence-electron chi connectivity index (χ0n) is 9.68. The van der Waals surface area contributed by atoms with Crippen LogP contribution in [0.1, 0.15) is 10.5 Å². The van der Waals surface area contributed by atoms with Gasteiger partial charge in [0.05, 0.1) is 12.2 Å². The number of nitrogens with one attached hydrogen (secondary N) is 1. The third-order valence-corrected chi connectivity index (χ3v) is 2.54. The Morgan fingerprint density at radius 1 is 1.37 bits per heavy atom. The van der Waals surface area contributed by atoms with Gasteiger partial charge in [-0.2, -0.15) is 0 Å². The van der Waals surface area contributed by atoms with Crippen LogP contribution in [-0.2, 0) is 4.79 Å². The molecule has 1 aromatic heterocycles. The molecule has 0 spiro atoms. The maximum absolute atomic E-state index is 13.7. The van der Waals surface area contributed by atoms with E-state index < -0.39 is 17.7 Å². The van der Waals surface area contributed by atoms with Crippen molar-refractivity contribution >= 4 is 28.3 Å². The molecule has 19 heavy (non-hydrogen) atoms. The maximum atomic E-state index is 13.7. The van der Waals surface area contributed by atoms with Crippen LogP contribution < -0.4 is 11.1 Å². The van der Waals surface area contributed by atoms with Crippen molar-refractivity contribution in [1.82, 2.24) is 4.98 Å². The molecule has 0 aliphatic heterocycles. The first kappa shape index (κ1) is 12.9. The summed E-state index contributed by atoms with van der Waals surface area (Å²) >= 11 is 0. The minimum Gasteiger partial charge on any atom is -0.476 e. The van der Waals surface area contributed by atoms with E-state index in [9.17, 15) is 14.0 Å². The predicted octanol–water partition coefficient (Wildman–Crippen LogP) is 0.969. The summed E-state index contributed by atoms with van der Waals surface area (Å²) in [6.07, 6.45) is 1.20. The van der Waals surface area contributed by atoms with Gasteiger partial charge in [0.1, 0.15) is 5.82 Å². The number of halogens is 1. The fourth-order valence-corrected chi connectivity index (χ4v) is 1.73. The molecule has 6 nitrogen and oxygen atoms in total. The molecular weight excluding hydrogens is 253 g/mol. The van der Waals surface area contributed by atoms with Crippen molar-refractivity contribution in [3.8, 4) is 0 Å². The summed E-state index contributed by atoms with van der Waals surface area (Å²) in [4.78, 5) is 26.1. The average Bonchev–Trinajstić information content (AvgIpc) is 2.41. The lowest BCUT2D eigenvalue weighted by Gasteiger charge is -2.10. The largest absolute Gasteiger partial charge is 0.476 e. The first-order valence-electron chi connectivity index (χ1n) is 5.35. The van der Waals surface area contributed by atoms with Gasteiger partial charge >= 0.3 is 5.97 Å². The fraction of sp³-hybridized carbons (Fsp3) is 0.0833. The van der Waals surface area contributed by atoms with Crippen molar-refractivity contribution in [2.75, 3.05) is 11.9 Å². The maximum Gasteiger partial charge on any atom is 0.355 e. The number of aromatic nitrogens is 1. The van der Waals surface area contributed by atoms with Crippen molar-refractivity contribution in [2.45, 2.75) is 0 Å². The Hall–Kier alpha value is -2.54. The van der Waals surface area contributed by atoms with Gasteiger partial charge in [0.15, 0.2) is 5.69 Å². The Bertz CT molecular complexity index is 673. The highest BCUT2D eigenvalue weighted by molar-refractivity contribution is 6.10. The van der Waals surface area contributed by atoms with Crippen molar-refractivity contribution in [2.24, 2.45) is 5.73 Å². The van der Waals surface area contributed by atoms with E-state index in [1.165, 1.54) is 18.3 Å². The highest BCUT2D eigenvalue weighted by atomic mass is 19.1. The molecule has 1 amide bonds. The molecule has 0 unspecified atom stereocenters. The van der Waals surface area contributed by atoms with Gasteiger partial charge in [0, 0.05) is 17.0 Å². The van der Waals surface area contributed by atoms with E-state index >= 15 is 0 Å². The van der Waals surface area contributed by atoms with Crippen LogP contribution in [0.15, 0.2) is 24.4 Å². The highest BCUT2D eigenvalue weighted by Gasteiger charge is 2.17. The van der Waals surface area contributed by atoms with Gasteiger partial charge in [-0.05, 0) is 18.2 Å². The fourth-order valence-electron chi connectivity index (χ4n) is 1.73. The van der Waals surface area contributed by atoms with Gasteiger partial charge in [0.2, 0.25) is 5.91 Å². The van der Waals surface area contributed by atoms with Crippen molar-refractivity contribution in [3.05, 3.63) is 35.9 Å². The number of nitrogens with zero attached hydrogens (tertiary/aromatic N) is 1. The second-order valence-electron chi connectivity index (χ2n) is 3.73. The lowest BCUT2D eigenvalue weighted by molar-refractivity contribution is -0.114. The Morgan fingerprint density at radius 3 is 2.74 bits per heavy atom. The molecule has 0 aliphatic rings. The molecule has 0 saturated heterocycles. The third-order valence-electron chi connectivity index (χ3n) is 2.54. The number of fused-ring (bicyclic) bond motifs is 1. The van der Waals surface area contributed by atoms with Gasteiger partial charge in [0.25, 0.3) is 0 Å². The van der Waals surface area contributed by atoms with Gasteiger partial charge in [-0.25, -0.2) is 14.2 Å². The Kier molecular flexibility index (Phi) is 3.39. The molecule has 0 bridgehead atoms. The zero-order valence-corrected chi connectivity index (χ0v) is 9.68. The topological polar surface area (TPSA) is 105 Å². The SMILES string of the molecule is NCC(=O)Nc1ccc(F)c2ccnc(C(=O)O)c12. The molecule has 1 heterocycles.